The van der Waals surface area contributed by atoms with Crippen molar-refractivity contribution in [3.05, 3.63) is 116 Å². The lowest BCUT2D eigenvalue weighted by Gasteiger charge is -2.16. The quantitative estimate of drug-likeness (QED) is 0.319. The number of ether oxygens (including phenoxy) is 2. The Kier molecular flexibility index (Phi) is 6.73. The molecule has 0 amide bonds. The first-order valence-electron chi connectivity index (χ1n) is 10.8. The molecule has 0 unspecified atom stereocenters. The molecule has 0 aliphatic carbocycles. The number of nitrogens with zero attached hydrogens (tertiary/aromatic N) is 2. The van der Waals surface area contributed by atoms with E-state index in [1.807, 2.05) is 37.3 Å². The summed E-state index contributed by atoms with van der Waals surface area (Å²) in [4.78, 5) is 27.8. The first kappa shape index (κ1) is 22.8. The molecule has 7 nitrogen and oxygen atoms in total. The van der Waals surface area contributed by atoms with Gasteiger partial charge in [-0.05, 0) is 48.7 Å². The second-order valence-corrected chi connectivity index (χ2v) is 7.82. The van der Waals surface area contributed by atoms with Crippen molar-refractivity contribution in [2.75, 3.05) is 7.11 Å². The highest BCUT2D eigenvalue weighted by Crippen LogP contribution is 2.34. The maximum Gasteiger partial charge on any atom is 0.349 e. The van der Waals surface area contributed by atoms with E-state index in [0.717, 1.165) is 15.8 Å². The van der Waals surface area contributed by atoms with Gasteiger partial charge in [0.25, 0.3) is 5.56 Å². The Morgan fingerprint density at radius 1 is 1.09 bits per heavy atom. The highest BCUT2D eigenvalue weighted by molar-refractivity contribution is 5.82. The number of benzene rings is 3. The van der Waals surface area contributed by atoms with Gasteiger partial charge in [0.15, 0.2) is 11.5 Å². The van der Waals surface area contributed by atoms with E-state index in [-0.39, 0.29) is 0 Å². The molecule has 4 aromatic rings. The number of H-pyrrole nitrogens is 1. The minimum Gasteiger partial charge on any atom is -0.493 e. The summed E-state index contributed by atoms with van der Waals surface area (Å²) in [7, 11) is 1.56. The molecule has 1 aromatic heterocycles. The van der Waals surface area contributed by atoms with E-state index in [4.69, 9.17) is 9.47 Å². The zero-order valence-electron chi connectivity index (χ0n) is 19.1. The van der Waals surface area contributed by atoms with E-state index in [1.54, 1.807) is 43.5 Å². The van der Waals surface area contributed by atoms with Crippen LogP contribution in [0.4, 0.5) is 0 Å². The van der Waals surface area contributed by atoms with Crippen LogP contribution in [-0.2, 0) is 13.0 Å². The number of aromatic nitrogens is 2. The lowest BCUT2D eigenvalue weighted by molar-refractivity contribution is 0.282. The van der Waals surface area contributed by atoms with E-state index >= 15 is 0 Å². The normalized spacial score (nSPS) is 11.1. The van der Waals surface area contributed by atoms with E-state index in [1.165, 1.54) is 11.8 Å². The predicted octanol–water partition coefficient (Wildman–Crippen LogP) is 4.20. The van der Waals surface area contributed by atoms with Gasteiger partial charge in [0.2, 0.25) is 0 Å². The standard InChI is InChI=1S/C27H25N3O4/c1-4-7-21-14-20(15-24(33-3)25(21)34-17-19-12-10-18(2)11-13-19)16-28-30-26(31)22-8-5-6-9-23(22)29-27(30)32/h4-6,8-16H,1,7,17H2,2-3H3,(H,29,32). The first-order chi connectivity index (χ1) is 16.5. The monoisotopic (exact) mass is 455 g/mol. The summed E-state index contributed by atoms with van der Waals surface area (Å²) in [5.74, 6) is 1.13. The van der Waals surface area contributed by atoms with E-state index in [9.17, 15) is 9.59 Å². The van der Waals surface area contributed by atoms with E-state index in [2.05, 4.69) is 16.7 Å². The van der Waals surface area contributed by atoms with Gasteiger partial charge in [-0.15, -0.1) is 11.3 Å². The third-order valence-corrected chi connectivity index (χ3v) is 5.35. The maximum atomic E-state index is 12.7. The molecule has 34 heavy (non-hydrogen) atoms. The number of fused-ring (bicyclic) bond motifs is 1. The zero-order chi connectivity index (χ0) is 24.1. The van der Waals surface area contributed by atoms with Gasteiger partial charge >= 0.3 is 5.69 Å². The van der Waals surface area contributed by atoms with Crippen molar-refractivity contribution in [2.45, 2.75) is 20.0 Å². The molecule has 0 aliphatic rings. The zero-order valence-corrected chi connectivity index (χ0v) is 19.1. The summed E-state index contributed by atoms with van der Waals surface area (Å²) in [6.45, 7) is 6.26. The third kappa shape index (κ3) is 4.83. The van der Waals surface area contributed by atoms with Crippen LogP contribution in [-0.4, -0.2) is 23.0 Å². The fourth-order valence-electron chi connectivity index (χ4n) is 3.60. The fraction of sp³-hybridized carbons (Fsp3) is 0.148. The number of para-hydroxylation sites is 1. The lowest BCUT2D eigenvalue weighted by atomic mass is 10.1. The Morgan fingerprint density at radius 2 is 1.85 bits per heavy atom. The van der Waals surface area contributed by atoms with Gasteiger partial charge in [0.05, 0.1) is 24.2 Å². The Balaban J connectivity index is 1.68. The van der Waals surface area contributed by atoms with Gasteiger partial charge in [-0.1, -0.05) is 48.0 Å². The van der Waals surface area contributed by atoms with Crippen molar-refractivity contribution < 1.29 is 9.47 Å². The second-order valence-electron chi connectivity index (χ2n) is 7.82. The van der Waals surface area contributed by atoms with Crippen LogP contribution in [0.1, 0.15) is 22.3 Å². The van der Waals surface area contributed by atoms with Crippen LogP contribution in [0, 0.1) is 6.92 Å². The molecule has 0 aliphatic heterocycles. The maximum absolute atomic E-state index is 12.7. The second kappa shape index (κ2) is 10.0. The molecule has 0 saturated carbocycles. The van der Waals surface area contributed by atoms with Gasteiger partial charge in [-0.3, -0.25) is 4.79 Å². The average molecular weight is 456 g/mol. The Labute approximate surface area is 196 Å². The van der Waals surface area contributed by atoms with Gasteiger partial charge in [0, 0.05) is 5.56 Å². The summed E-state index contributed by atoms with van der Waals surface area (Å²) >= 11 is 0. The highest BCUT2D eigenvalue weighted by Gasteiger charge is 2.13. The minimum atomic E-state index is -0.615. The average Bonchev–Trinajstić information content (AvgIpc) is 2.84. The SMILES string of the molecule is C=CCc1cc(C=Nn2c(=O)[nH]c3ccccc3c2=O)cc(OC)c1OCc1ccc(C)cc1. The molecule has 1 N–H and O–H groups in total. The fourth-order valence-corrected chi connectivity index (χ4v) is 3.60. The van der Waals surface area contributed by atoms with Crippen LogP contribution in [0.15, 0.2) is 88.0 Å². The molecule has 172 valence electrons. The van der Waals surface area contributed by atoms with Crippen molar-refractivity contribution >= 4 is 17.1 Å². The Morgan fingerprint density at radius 3 is 2.59 bits per heavy atom. The van der Waals surface area contributed by atoms with E-state index < -0.39 is 11.2 Å². The van der Waals surface area contributed by atoms with Crippen LogP contribution in [0.3, 0.4) is 0 Å². The third-order valence-electron chi connectivity index (χ3n) is 5.35. The minimum absolute atomic E-state index is 0.379. The van der Waals surface area contributed by atoms with Crippen LogP contribution in [0.5, 0.6) is 11.5 Å². The molecule has 1 heterocycles. The number of rotatable bonds is 8. The molecule has 0 atom stereocenters. The molecule has 0 fully saturated rings. The molecular weight excluding hydrogens is 430 g/mol. The van der Waals surface area contributed by atoms with E-state index in [0.29, 0.717) is 41.0 Å². The summed E-state index contributed by atoms with van der Waals surface area (Å²) in [6.07, 6.45) is 3.76. The summed E-state index contributed by atoms with van der Waals surface area (Å²) in [5, 5.41) is 4.53. The molecule has 4 rings (SSSR count). The number of hydrogen-bond donors (Lipinski definition) is 1. The molecular formula is C27H25N3O4. The molecule has 0 saturated heterocycles. The summed E-state index contributed by atoms with van der Waals surface area (Å²) in [5.41, 5.74) is 3.08. The van der Waals surface area contributed by atoms with Crippen molar-refractivity contribution in [2.24, 2.45) is 5.10 Å². The van der Waals surface area contributed by atoms with Crippen LogP contribution in [0.25, 0.3) is 10.9 Å². The number of allylic oxidation sites excluding steroid dienone is 1. The van der Waals surface area contributed by atoms with Gasteiger partial charge in [-0.25, -0.2) is 4.79 Å². The summed E-state index contributed by atoms with van der Waals surface area (Å²) in [6, 6.07) is 18.5. The highest BCUT2D eigenvalue weighted by atomic mass is 16.5. The van der Waals surface area contributed by atoms with Crippen molar-refractivity contribution in [3.8, 4) is 11.5 Å². The Hall–Kier alpha value is -4.39. The lowest BCUT2D eigenvalue weighted by Crippen LogP contribution is -2.32. The molecule has 0 bridgehead atoms. The Bertz CT molecular complexity index is 1480. The first-order valence-corrected chi connectivity index (χ1v) is 10.8. The molecule has 0 spiro atoms. The number of aromatic amines is 1. The number of methoxy groups -OCH3 is 1. The summed E-state index contributed by atoms with van der Waals surface area (Å²) < 4.78 is 12.5. The molecule has 3 aromatic carbocycles. The molecule has 7 heteroatoms. The number of hydrogen-bond acceptors (Lipinski definition) is 5. The largest absolute Gasteiger partial charge is 0.493 e. The van der Waals surface area contributed by atoms with Crippen LogP contribution in [0.2, 0.25) is 0 Å². The van der Waals surface area contributed by atoms with Gasteiger partial charge in [-0.2, -0.15) is 5.10 Å². The van der Waals surface area contributed by atoms with Gasteiger partial charge in [0.1, 0.15) is 6.61 Å². The topological polar surface area (TPSA) is 85.7 Å². The smallest absolute Gasteiger partial charge is 0.349 e. The van der Waals surface area contributed by atoms with Crippen LogP contribution < -0.4 is 20.7 Å². The van der Waals surface area contributed by atoms with Gasteiger partial charge < -0.3 is 14.5 Å². The predicted molar refractivity (Wildman–Crippen MR) is 134 cm³/mol. The van der Waals surface area contributed by atoms with Crippen molar-refractivity contribution in [3.63, 3.8) is 0 Å². The number of aryl methyl sites for hydroxylation is 1. The van der Waals surface area contributed by atoms with Crippen molar-refractivity contribution in [1.82, 2.24) is 9.66 Å². The van der Waals surface area contributed by atoms with Crippen LogP contribution >= 0.6 is 0 Å². The number of nitrogens with one attached hydrogen (secondary N) is 1. The molecule has 0 radical (unpaired) electrons. The van der Waals surface area contributed by atoms with Crippen molar-refractivity contribution in [1.29, 1.82) is 0 Å².